The molecule has 0 aromatic heterocycles. The van der Waals surface area contributed by atoms with Gasteiger partial charge in [0.15, 0.2) is 0 Å². The number of amides is 1. The molecule has 3 N–H and O–H groups in total. The molecule has 4 nitrogen and oxygen atoms in total. The topological polar surface area (TPSA) is 64.3 Å². The third-order valence-corrected chi connectivity index (χ3v) is 3.32. The van der Waals surface area contributed by atoms with Crippen molar-refractivity contribution in [1.29, 1.82) is 0 Å². The summed E-state index contributed by atoms with van der Waals surface area (Å²) in [4.78, 5) is 12.0. The fourth-order valence-corrected chi connectivity index (χ4v) is 1.81. The molecule has 0 bridgehead atoms. The molecule has 0 aliphatic heterocycles. The van der Waals surface area contributed by atoms with Crippen LogP contribution in [-0.2, 0) is 0 Å². The van der Waals surface area contributed by atoms with Gasteiger partial charge in [0.05, 0.1) is 12.7 Å². The van der Waals surface area contributed by atoms with Gasteiger partial charge in [0.25, 0.3) is 5.91 Å². The molecule has 1 aliphatic carbocycles. The first-order chi connectivity index (χ1) is 7.94. The van der Waals surface area contributed by atoms with Crippen LogP contribution >= 0.6 is 0 Å². The Labute approximate surface area is 101 Å². The van der Waals surface area contributed by atoms with Crippen molar-refractivity contribution in [3.05, 3.63) is 23.8 Å². The summed E-state index contributed by atoms with van der Waals surface area (Å²) in [6.45, 7) is 4.26. The first-order valence-corrected chi connectivity index (χ1v) is 5.68. The number of ether oxygens (including phenoxy) is 1. The van der Waals surface area contributed by atoms with Crippen LogP contribution in [0.2, 0.25) is 0 Å². The highest BCUT2D eigenvalue weighted by Gasteiger charge is 2.46. The zero-order valence-corrected chi connectivity index (χ0v) is 10.4. The van der Waals surface area contributed by atoms with Gasteiger partial charge in [0, 0.05) is 11.7 Å². The maximum absolute atomic E-state index is 12.0. The minimum Gasteiger partial charge on any atom is -0.497 e. The SMILES string of the molecule is COc1ccc(N)c(C(=O)NC2CC2(C)C)c1. The van der Waals surface area contributed by atoms with Gasteiger partial charge in [0.2, 0.25) is 0 Å². The van der Waals surface area contributed by atoms with Crippen LogP contribution in [0.3, 0.4) is 0 Å². The Bertz CT molecular complexity index is 455. The van der Waals surface area contributed by atoms with Crippen LogP contribution in [0.5, 0.6) is 5.75 Å². The second-order valence-corrected chi connectivity index (χ2v) is 5.17. The number of methoxy groups -OCH3 is 1. The number of anilines is 1. The summed E-state index contributed by atoms with van der Waals surface area (Å²) >= 11 is 0. The molecule has 92 valence electrons. The normalized spacial score (nSPS) is 20.8. The molecule has 2 rings (SSSR count). The van der Waals surface area contributed by atoms with Crippen molar-refractivity contribution in [3.63, 3.8) is 0 Å². The highest BCUT2D eigenvalue weighted by Crippen LogP contribution is 2.44. The van der Waals surface area contributed by atoms with Crippen molar-refractivity contribution in [3.8, 4) is 5.75 Å². The largest absolute Gasteiger partial charge is 0.497 e. The molecule has 0 saturated heterocycles. The zero-order chi connectivity index (χ0) is 12.6. The summed E-state index contributed by atoms with van der Waals surface area (Å²) in [6, 6.07) is 5.35. The predicted molar refractivity (Wildman–Crippen MR) is 67.1 cm³/mol. The van der Waals surface area contributed by atoms with Gasteiger partial charge in [-0.25, -0.2) is 0 Å². The van der Waals surface area contributed by atoms with E-state index in [1.165, 1.54) is 0 Å². The number of nitrogens with two attached hydrogens (primary N) is 1. The smallest absolute Gasteiger partial charge is 0.253 e. The van der Waals surface area contributed by atoms with Gasteiger partial charge < -0.3 is 15.8 Å². The maximum atomic E-state index is 12.0. The van der Waals surface area contributed by atoms with Gasteiger partial charge in [-0.05, 0) is 30.0 Å². The molecule has 1 unspecified atom stereocenters. The Hall–Kier alpha value is -1.71. The highest BCUT2D eigenvalue weighted by atomic mass is 16.5. The highest BCUT2D eigenvalue weighted by molar-refractivity contribution is 5.99. The number of hydrogen-bond donors (Lipinski definition) is 2. The predicted octanol–water partition coefficient (Wildman–Crippen LogP) is 1.81. The lowest BCUT2D eigenvalue weighted by molar-refractivity contribution is 0.0947. The fourth-order valence-electron chi connectivity index (χ4n) is 1.81. The van der Waals surface area contributed by atoms with Crippen molar-refractivity contribution < 1.29 is 9.53 Å². The number of rotatable bonds is 3. The molecule has 1 fully saturated rings. The molecule has 1 atom stereocenters. The van der Waals surface area contributed by atoms with Crippen LogP contribution in [0.25, 0.3) is 0 Å². The van der Waals surface area contributed by atoms with Crippen molar-refractivity contribution >= 4 is 11.6 Å². The van der Waals surface area contributed by atoms with E-state index in [0.29, 0.717) is 17.0 Å². The Balaban J connectivity index is 2.13. The van der Waals surface area contributed by atoms with E-state index in [9.17, 15) is 4.79 Å². The maximum Gasteiger partial charge on any atom is 0.253 e. The number of benzene rings is 1. The van der Waals surface area contributed by atoms with E-state index in [1.54, 1.807) is 25.3 Å². The van der Waals surface area contributed by atoms with Gasteiger partial charge in [-0.3, -0.25) is 4.79 Å². The third-order valence-electron chi connectivity index (χ3n) is 3.32. The van der Waals surface area contributed by atoms with E-state index in [4.69, 9.17) is 10.5 Å². The van der Waals surface area contributed by atoms with E-state index in [0.717, 1.165) is 6.42 Å². The van der Waals surface area contributed by atoms with Gasteiger partial charge in [-0.2, -0.15) is 0 Å². The lowest BCUT2D eigenvalue weighted by Gasteiger charge is -2.10. The van der Waals surface area contributed by atoms with E-state index >= 15 is 0 Å². The van der Waals surface area contributed by atoms with E-state index in [2.05, 4.69) is 19.2 Å². The summed E-state index contributed by atoms with van der Waals surface area (Å²) in [6.07, 6.45) is 1.02. The lowest BCUT2D eigenvalue weighted by Crippen LogP contribution is -2.29. The molecule has 17 heavy (non-hydrogen) atoms. The Morgan fingerprint density at radius 1 is 1.53 bits per heavy atom. The first kappa shape index (κ1) is 11.8. The second kappa shape index (κ2) is 3.95. The molecular formula is C13H18N2O2. The summed E-state index contributed by atoms with van der Waals surface area (Å²) in [5.74, 6) is 0.511. The number of carbonyl (C=O) groups is 1. The molecule has 0 radical (unpaired) electrons. The molecule has 0 heterocycles. The standard InChI is InChI=1S/C13H18N2O2/c1-13(2)7-11(13)15-12(16)9-6-8(17-3)4-5-10(9)14/h4-6,11H,7,14H2,1-3H3,(H,15,16). The summed E-state index contributed by atoms with van der Waals surface area (Å²) in [5.41, 5.74) is 6.96. The third kappa shape index (κ3) is 2.35. The van der Waals surface area contributed by atoms with E-state index < -0.39 is 0 Å². The number of hydrogen-bond acceptors (Lipinski definition) is 3. The van der Waals surface area contributed by atoms with E-state index in [1.807, 2.05) is 0 Å². The van der Waals surface area contributed by atoms with Crippen LogP contribution in [-0.4, -0.2) is 19.1 Å². The summed E-state index contributed by atoms with van der Waals surface area (Å²) < 4.78 is 5.09. The molecule has 1 aromatic rings. The second-order valence-electron chi connectivity index (χ2n) is 5.17. The average Bonchev–Trinajstić information content (AvgIpc) is 2.86. The van der Waals surface area contributed by atoms with Gasteiger partial charge in [-0.1, -0.05) is 13.8 Å². The van der Waals surface area contributed by atoms with Crippen LogP contribution in [0.1, 0.15) is 30.6 Å². The summed E-state index contributed by atoms with van der Waals surface area (Å²) in [5, 5.41) is 2.98. The Morgan fingerprint density at radius 3 is 2.71 bits per heavy atom. The van der Waals surface area contributed by atoms with Crippen LogP contribution in [0, 0.1) is 5.41 Å². The minimum atomic E-state index is -0.128. The van der Waals surface area contributed by atoms with Crippen molar-refractivity contribution in [1.82, 2.24) is 5.32 Å². The molecule has 1 aromatic carbocycles. The van der Waals surface area contributed by atoms with Crippen LogP contribution < -0.4 is 15.8 Å². The van der Waals surface area contributed by atoms with Gasteiger partial charge >= 0.3 is 0 Å². The molecule has 1 saturated carbocycles. The fraction of sp³-hybridized carbons (Fsp3) is 0.462. The molecule has 4 heteroatoms. The molecule has 0 spiro atoms. The van der Waals surface area contributed by atoms with Gasteiger partial charge in [0.1, 0.15) is 5.75 Å². The Kier molecular flexibility index (Phi) is 2.73. The zero-order valence-electron chi connectivity index (χ0n) is 10.4. The van der Waals surface area contributed by atoms with Crippen LogP contribution in [0.15, 0.2) is 18.2 Å². The quantitative estimate of drug-likeness (QED) is 0.784. The minimum absolute atomic E-state index is 0.128. The molecule has 1 amide bonds. The molecule has 1 aliphatic rings. The van der Waals surface area contributed by atoms with Gasteiger partial charge in [-0.15, -0.1) is 0 Å². The number of carbonyl (C=O) groups excluding carboxylic acids is 1. The monoisotopic (exact) mass is 234 g/mol. The molecular weight excluding hydrogens is 216 g/mol. The lowest BCUT2D eigenvalue weighted by atomic mass is 10.1. The average molecular weight is 234 g/mol. The Morgan fingerprint density at radius 2 is 2.18 bits per heavy atom. The number of nitrogen functional groups attached to an aromatic ring is 1. The van der Waals surface area contributed by atoms with Crippen molar-refractivity contribution in [2.45, 2.75) is 26.3 Å². The van der Waals surface area contributed by atoms with Crippen molar-refractivity contribution in [2.24, 2.45) is 5.41 Å². The van der Waals surface area contributed by atoms with Crippen LogP contribution in [0.4, 0.5) is 5.69 Å². The first-order valence-electron chi connectivity index (χ1n) is 5.68. The van der Waals surface area contributed by atoms with E-state index in [-0.39, 0.29) is 17.4 Å². The van der Waals surface area contributed by atoms with Crippen molar-refractivity contribution in [2.75, 3.05) is 12.8 Å². The summed E-state index contributed by atoms with van der Waals surface area (Å²) in [7, 11) is 1.57. The number of nitrogens with one attached hydrogen (secondary N) is 1.